The van der Waals surface area contributed by atoms with Crippen LogP contribution in [0.25, 0.3) is 0 Å². The minimum absolute atomic E-state index is 0.0304. The highest BCUT2D eigenvalue weighted by atomic mass is 16.5. The van der Waals surface area contributed by atoms with Gasteiger partial charge in [0.15, 0.2) is 0 Å². The molecule has 5 nitrogen and oxygen atoms in total. The number of hydrogen-bond acceptors (Lipinski definition) is 4. The SMILES string of the molecule is CC(C)Oc1cccc(CN2CC[C@]3(C=CC(=O)N3c3ccccn3)C[C@@H]2C)c1. The molecule has 0 aliphatic carbocycles. The summed E-state index contributed by atoms with van der Waals surface area (Å²) in [6, 6.07) is 14.4. The molecule has 1 fully saturated rings. The van der Waals surface area contributed by atoms with Crippen molar-refractivity contribution in [3.05, 3.63) is 66.4 Å². The number of hydrogen-bond donors (Lipinski definition) is 0. The second-order valence-corrected chi connectivity index (χ2v) is 8.39. The highest BCUT2D eigenvalue weighted by Gasteiger charge is 2.46. The van der Waals surface area contributed by atoms with Gasteiger partial charge in [-0.2, -0.15) is 0 Å². The third-order valence-corrected chi connectivity index (χ3v) is 5.84. The average molecular weight is 392 g/mol. The standard InChI is InChI=1S/C24H29N3O2/c1-18(2)29-21-8-6-7-20(15-21)17-26-14-12-24(16-19(26)3)11-10-23(28)27(24)22-9-4-5-13-25-22/h4-11,13,15,18-19H,12,14,16-17H2,1-3H3/t19-,24+/m0/s1. The Balaban J connectivity index is 1.48. The molecule has 0 bridgehead atoms. The van der Waals surface area contributed by atoms with Gasteiger partial charge in [-0.1, -0.05) is 24.3 Å². The van der Waals surface area contributed by atoms with Crippen LogP contribution in [0.3, 0.4) is 0 Å². The Labute approximate surface area is 173 Å². The first-order valence-electron chi connectivity index (χ1n) is 10.4. The summed E-state index contributed by atoms with van der Waals surface area (Å²) < 4.78 is 5.84. The van der Waals surface area contributed by atoms with Crippen molar-refractivity contribution in [2.75, 3.05) is 11.4 Å². The molecule has 0 radical (unpaired) electrons. The van der Waals surface area contributed by atoms with Gasteiger partial charge < -0.3 is 4.74 Å². The molecule has 29 heavy (non-hydrogen) atoms. The summed E-state index contributed by atoms with van der Waals surface area (Å²) >= 11 is 0. The highest BCUT2D eigenvalue weighted by molar-refractivity contribution is 6.05. The van der Waals surface area contributed by atoms with Gasteiger partial charge in [-0.05, 0) is 63.4 Å². The van der Waals surface area contributed by atoms with Gasteiger partial charge in [0.1, 0.15) is 11.6 Å². The molecule has 152 valence electrons. The van der Waals surface area contributed by atoms with E-state index in [4.69, 9.17) is 4.74 Å². The molecule has 1 amide bonds. The Bertz CT molecular complexity index is 896. The molecule has 1 spiro atoms. The molecule has 1 saturated heterocycles. The topological polar surface area (TPSA) is 45.7 Å². The summed E-state index contributed by atoms with van der Waals surface area (Å²) in [4.78, 5) is 21.4. The number of carbonyl (C=O) groups excluding carboxylic acids is 1. The molecule has 1 aromatic heterocycles. The first-order valence-corrected chi connectivity index (χ1v) is 10.4. The number of ether oxygens (including phenoxy) is 1. The molecular weight excluding hydrogens is 362 g/mol. The molecule has 1 aromatic carbocycles. The van der Waals surface area contributed by atoms with E-state index in [2.05, 4.69) is 41.1 Å². The van der Waals surface area contributed by atoms with E-state index in [0.29, 0.717) is 6.04 Å². The summed E-state index contributed by atoms with van der Waals surface area (Å²) in [7, 11) is 0. The number of likely N-dealkylation sites (tertiary alicyclic amines) is 1. The highest BCUT2D eigenvalue weighted by Crippen LogP contribution is 2.40. The summed E-state index contributed by atoms with van der Waals surface area (Å²) in [6.07, 6.45) is 7.52. The fourth-order valence-corrected chi connectivity index (χ4v) is 4.54. The number of aromatic nitrogens is 1. The molecule has 2 aliphatic rings. The van der Waals surface area contributed by atoms with Gasteiger partial charge in [-0.15, -0.1) is 0 Å². The lowest BCUT2D eigenvalue weighted by Gasteiger charge is -2.47. The van der Waals surface area contributed by atoms with Crippen LogP contribution in [-0.2, 0) is 11.3 Å². The zero-order valence-electron chi connectivity index (χ0n) is 17.4. The summed E-state index contributed by atoms with van der Waals surface area (Å²) in [5.41, 5.74) is 0.981. The number of anilines is 1. The van der Waals surface area contributed by atoms with Crippen LogP contribution in [0.5, 0.6) is 5.75 Å². The Morgan fingerprint density at radius 2 is 2.10 bits per heavy atom. The van der Waals surface area contributed by atoms with Gasteiger partial charge in [0.2, 0.25) is 0 Å². The van der Waals surface area contributed by atoms with E-state index in [9.17, 15) is 4.79 Å². The van der Waals surface area contributed by atoms with Crippen LogP contribution in [0.4, 0.5) is 5.82 Å². The van der Waals surface area contributed by atoms with Gasteiger partial charge in [0, 0.05) is 31.4 Å². The average Bonchev–Trinajstić information content (AvgIpc) is 3.00. The monoisotopic (exact) mass is 391 g/mol. The van der Waals surface area contributed by atoms with Crippen molar-refractivity contribution in [2.45, 2.75) is 57.8 Å². The third-order valence-electron chi connectivity index (χ3n) is 5.84. The third kappa shape index (κ3) is 4.06. The number of nitrogens with zero attached hydrogens (tertiary/aromatic N) is 3. The molecule has 0 saturated carbocycles. The number of pyridine rings is 1. The smallest absolute Gasteiger partial charge is 0.252 e. The van der Waals surface area contributed by atoms with Crippen molar-refractivity contribution in [3.63, 3.8) is 0 Å². The van der Waals surface area contributed by atoms with Gasteiger partial charge in [0.25, 0.3) is 5.91 Å². The lowest BCUT2D eigenvalue weighted by atomic mass is 9.83. The molecular formula is C24H29N3O2. The van der Waals surface area contributed by atoms with Crippen LogP contribution in [-0.4, -0.2) is 40.0 Å². The Hall–Kier alpha value is -2.66. The molecule has 2 aliphatic heterocycles. The number of piperidine rings is 1. The first-order chi connectivity index (χ1) is 14.0. The predicted molar refractivity (Wildman–Crippen MR) is 115 cm³/mol. The van der Waals surface area contributed by atoms with Crippen LogP contribution in [0.2, 0.25) is 0 Å². The fraction of sp³-hybridized carbons (Fsp3) is 0.417. The van der Waals surface area contributed by atoms with E-state index in [-0.39, 0.29) is 17.6 Å². The van der Waals surface area contributed by atoms with E-state index < -0.39 is 0 Å². The molecule has 5 heteroatoms. The van der Waals surface area contributed by atoms with Crippen LogP contribution >= 0.6 is 0 Å². The van der Waals surface area contributed by atoms with Gasteiger partial charge in [-0.3, -0.25) is 14.6 Å². The van der Waals surface area contributed by atoms with Crippen LogP contribution in [0, 0.1) is 0 Å². The zero-order chi connectivity index (χ0) is 20.4. The summed E-state index contributed by atoms with van der Waals surface area (Å²) in [5, 5.41) is 0. The number of benzene rings is 1. The summed E-state index contributed by atoms with van der Waals surface area (Å²) in [5.74, 6) is 1.69. The summed E-state index contributed by atoms with van der Waals surface area (Å²) in [6.45, 7) is 8.15. The first kappa shape index (κ1) is 19.6. The van der Waals surface area contributed by atoms with Gasteiger partial charge in [0.05, 0.1) is 11.6 Å². The molecule has 0 N–H and O–H groups in total. The van der Waals surface area contributed by atoms with Crippen LogP contribution in [0.1, 0.15) is 39.2 Å². The Morgan fingerprint density at radius 3 is 2.83 bits per heavy atom. The van der Waals surface area contributed by atoms with E-state index in [1.165, 1.54) is 5.56 Å². The molecule has 2 aromatic rings. The Morgan fingerprint density at radius 1 is 1.24 bits per heavy atom. The van der Waals surface area contributed by atoms with Gasteiger partial charge >= 0.3 is 0 Å². The number of amides is 1. The largest absolute Gasteiger partial charge is 0.491 e. The van der Waals surface area contributed by atoms with Crippen LogP contribution in [0.15, 0.2) is 60.8 Å². The molecule has 2 atom stereocenters. The van der Waals surface area contributed by atoms with E-state index in [1.807, 2.05) is 43.0 Å². The number of rotatable bonds is 5. The maximum atomic E-state index is 12.6. The molecule has 4 rings (SSSR count). The fourth-order valence-electron chi connectivity index (χ4n) is 4.54. The maximum Gasteiger partial charge on any atom is 0.252 e. The van der Waals surface area contributed by atoms with E-state index >= 15 is 0 Å². The van der Waals surface area contributed by atoms with Crippen molar-refractivity contribution in [1.29, 1.82) is 0 Å². The number of carbonyl (C=O) groups is 1. The minimum Gasteiger partial charge on any atom is -0.491 e. The van der Waals surface area contributed by atoms with E-state index in [1.54, 1.807) is 12.3 Å². The van der Waals surface area contributed by atoms with Crippen LogP contribution < -0.4 is 9.64 Å². The van der Waals surface area contributed by atoms with Crippen molar-refractivity contribution < 1.29 is 9.53 Å². The lowest BCUT2D eigenvalue weighted by Crippen LogP contribution is -2.56. The lowest BCUT2D eigenvalue weighted by molar-refractivity contribution is -0.114. The Kier molecular flexibility index (Phi) is 5.41. The maximum absolute atomic E-state index is 12.6. The normalized spacial score (nSPS) is 24.6. The minimum atomic E-state index is -0.274. The van der Waals surface area contributed by atoms with Crippen molar-refractivity contribution >= 4 is 11.7 Å². The van der Waals surface area contributed by atoms with Gasteiger partial charge in [-0.25, -0.2) is 4.98 Å². The second kappa shape index (κ2) is 7.99. The second-order valence-electron chi connectivity index (χ2n) is 8.39. The van der Waals surface area contributed by atoms with Crippen molar-refractivity contribution in [2.24, 2.45) is 0 Å². The zero-order valence-corrected chi connectivity index (χ0v) is 17.4. The van der Waals surface area contributed by atoms with E-state index in [0.717, 1.165) is 37.5 Å². The van der Waals surface area contributed by atoms with Crippen molar-refractivity contribution in [1.82, 2.24) is 9.88 Å². The quantitative estimate of drug-likeness (QED) is 0.767. The predicted octanol–water partition coefficient (Wildman–Crippen LogP) is 4.19. The molecule has 0 unspecified atom stereocenters. The molecule has 3 heterocycles. The van der Waals surface area contributed by atoms with Crippen molar-refractivity contribution in [3.8, 4) is 5.75 Å².